The molecule has 4 aromatic carbocycles. The molecule has 0 spiro atoms. The molecule has 0 saturated carbocycles. The molecule has 0 aliphatic carbocycles. The van der Waals surface area contributed by atoms with Gasteiger partial charge in [0.2, 0.25) is 20.0 Å². The van der Waals surface area contributed by atoms with Crippen LogP contribution in [0.5, 0.6) is 0 Å². The van der Waals surface area contributed by atoms with Gasteiger partial charge in [0, 0.05) is 56.5 Å². The van der Waals surface area contributed by atoms with Gasteiger partial charge < -0.3 is 35.4 Å². The van der Waals surface area contributed by atoms with E-state index in [1.807, 2.05) is 0 Å². The fourth-order valence-electron chi connectivity index (χ4n) is 6.99. The van der Waals surface area contributed by atoms with Gasteiger partial charge in [0.05, 0.1) is 31.8 Å². The molecule has 4 rings (SSSR count). The van der Waals surface area contributed by atoms with E-state index in [2.05, 4.69) is 5.32 Å². The molecule has 0 radical (unpaired) electrons. The third kappa shape index (κ3) is 21.8. The number of ether oxygens (including phenoxy) is 1. The van der Waals surface area contributed by atoms with E-state index in [9.17, 15) is 70.6 Å². The Morgan fingerprint density at radius 2 is 0.986 bits per heavy atom. The molecule has 0 aliphatic heterocycles. The lowest BCUT2D eigenvalue weighted by Crippen LogP contribution is -2.52. The first kappa shape index (κ1) is 62.2. The van der Waals surface area contributed by atoms with E-state index < -0.39 is 94.6 Å². The Bertz CT molecular complexity index is 2740. The highest BCUT2D eigenvalue weighted by Gasteiger charge is 2.38. The standard InChI is InChI=1S/C25H36N3O10PS.C20H28N3O8PS/c1-18(2)16-27(40(35,36)21-13-11-20(12-14-21)28(30)31)17-23(38-39(32,33)34)22(15-19-9-7-6-8-10-19)26-24(29)37-25(3,4)5;1-15(2)13-22(33(29,30)18-10-8-17(9-11-18)23(24)25)14-20(31-32(26,27)28)19(21)12-16-6-4-3-5-7-16/h6-14,18,22-23H,15-17H2,1-5H3,(H,26,29)(H2,32,33,34);3-11,15,19-20H,12-14,21H2,1-2H3,(H2,26,27,28)/t22-,23+;19-,20+/m00/s1. The first-order valence-corrected chi connectivity index (χ1v) is 28.4. The van der Waals surface area contributed by atoms with Crippen LogP contribution in [0.2, 0.25) is 0 Å². The van der Waals surface area contributed by atoms with Crippen molar-refractivity contribution >= 4 is 53.2 Å². The number of carbonyl (C=O) groups excluding carboxylic acids is 1. The van der Waals surface area contributed by atoms with Crippen LogP contribution in [0, 0.1) is 32.1 Å². The summed E-state index contributed by atoms with van der Waals surface area (Å²) in [6, 6.07) is 24.2. The smallest absolute Gasteiger partial charge is 0.444 e. The predicted molar refractivity (Wildman–Crippen MR) is 269 cm³/mol. The molecule has 7 N–H and O–H groups in total. The van der Waals surface area contributed by atoms with E-state index in [4.69, 9.17) is 19.5 Å². The van der Waals surface area contributed by atoms with Crippen LogP contribution in [0.4, 0.5) is 16.2 Å². The van der Waals surface area contributed by atoms with Gasteiger partial charge >= 0.3 is 21.7 Å². The third-order valence-corrected chi connectivity index (χ3v) is 14.8. The predicted octanol–water partition coefficient (Wildman–Crippen LogP) is 6.14. The fourth-order valence-corrected chi connectivity index (χ4v) is 11.4. The average Bonchev–Trinajstić information content (AvgIpc) is 3.27. The summed E-state index contributed by atoms with van der Waals surface area (Å²) in [4.78, 5) is 71.2. The van der Waals surface area contributed by atoms with E-state index in [1.165, 1.54) is 0 Å². The highest BCUT2D eigenvalue weighted by Crippen LogP contribution is 2.40. The van der Waals surface area contributed by atoms with Crippen molar-refractivity contribution in [3.8, 4) is 0 Å². The number of benzene rings is 4. The highest BCUT2D eigenvalue weighted by molar-refractivity contribution is 7.89. The molecule has 24 nitrogen and oxygen atoms in total. The summed E-state index contributed by atoms with van der Waals surface area (Å²) >= 11 is 0. The minimum absolute atomic E-state index is 0.0123. The number of hydrogen-bond acceptors (Lipinski definition) is 15. The van der Waals surface area contributed by atoms with Crippen molar-refractivity contribution in [1.29, 1.82) is 0 Å². The SMILES string of the molecule is CC(C)CN(C[C@@H](OP(=O)(O)O)[C@@H](N)Cc1ccccc1)S(=O)(=O)c1ccc([N+](=O)[O-])cc1.CC(C)CN(C[C@@H](OP(=O)(O)O)[C@H](Cc1ccccc1)NC(=O)OC(C)(C)C)S(=O)(=O)c1ccc([N+](=O)[O-])cc1. The first-order chi connectivity index (χ1) is 33.7. The first-order valence-electron chi connectivity index (χ1n) is 22.5. The molecule has 0 aliphatic rings. The molecule has 0 saturated heterocycles. The van der Waals surface area contributed by atoms with Crippen molar-refractivity contribution in [2.45, 2.75) is 101 Å². The molecule has 4 aromatic rings. The molecule has 4 atom stereocenters. The van der Waals surface area contributed by atoms with Gasteiger partial charge in [-0.15, -0.1) is 0 Å². The molecule has 404 valence electrons. The molecule has 0 heterocycles. The summed E-state index contributed by atoms with van der Waals surface area (Å²) in [5.41, 5.74) is 6.22. The van der Waals surface area contributed by atoms with E-state index in [0.717, 1.165) is 62.7 Å². The van der Waals surface area contributed by atoms with E-state index >= 15 is 0 Å². The minimum atomic E-state index is -5.19. The largest absolute Gasteiger partial charge is 0.469 e. The van der Waals surface area contributed by atoms with Gasteiger partial charge in [-0.1, -0.05) is 88.4 Å². The lowest BCUT2D eigenvalue weighted by Gasteiger charge is -2.33. The molecule has 0 bridgehead atoms. The molecule has 0 unspecified atom stereocenters. The van der Waals surface area contributed by atoms with Crippen molar-refractivity contribution in [2.24, 2.45) is 17.6 Å². The van der Waals surface area contributed by atoms with E-state index in [-0.39, 0.29) is 58.9 Å². The van der Waals surface area contributed by atoms with Crippen LogP contribution in [0.25, 0.3) is 0 Å². The van der Waals surface area contributed by atoms with Gasteiger partial charge in [-0.25, -0.2) is 30.8 Å². The number of nitrogens with one attached hydrogen (secondary N) is 1. The van der Waals surface area contributed by atoms with Crippen molar-refractivity contribution in [3.63, 3.8) is 0 Å². The zero-order valence-corrected chi connectivity index (χ0v) is 44.6. The quantitative estimate of drug-likeness (QED) is 0.0246. The number of nitro benzene ring substituents is 2. The second-order valence-corrected chi connectivity index (χ2v) is 24.8. The zero-order chi connectivity index (χ0) is 55.1. The van der Waals surface area contributed by atoms with Crippen molar-refractivity contribution < 1.29 is 74.0 Å². The van der Waals surface area contributed by atoms with Gasteiger partial charge in [-0.05, 0) is 80.8 Å². The maximum absolute atomic E-state index is 13.6. The maximum Gasteiger partial charge on any atom is 0.469 e. The number of non-ortho nitro benzene ring substituents is 2. The van der Waals surface area contributed by atoms with Gasteiger partial charge in [-0.3, -0.25) is 29.3 Å². The normalized spacial score (nSPS) is 14.2. The highest BCUT2D eigenvalue weighted by atomic mass is 32.2. The van der Waals surface area contributed by atoms with Crippen LogP contribution in [0.15, 0.2) is 119 Å². The summed E-state index contributed by atoms with van der Waals surface area (Å²) in [5, 5.41) is 24.5. The Balaban J connectivity index is 0.000000392. The Morgan fingerprint density at radius 3 is 1.33 bits per heavy atom. The summed E-state index contributed by atoms with van der Waals surface area (Å²) < 4.78 is 94.9. The Morgan fingerprint density at radius 1 is 0.630 bits per heavy atom. The van der Waals surface area contributed by atoms with Crippen molar-refractivity contribution in [3.05, 3.63) is 141 Å². The van der Waals surface area contributed by atoms with E-state index in [0.29, 0.717) is 5.56 Å². The minimum Gasteiger partial charge on any atom is -0.444 e. The number of carbonyl (C=O) groups is 1. The van der Waals surface area contributed by atoms with Crippen LogP contribution >= 0.6 is 15.6 Å². The monoisotopic (exact) mass is 1100 g/mol. The number of phosphoric acid groups is 2. The number of nitrogens with two attached hydrogens (primary N) is 1. The number of amides is 1. The summed E-state index contributed by atoms with van der Waals surface area (Å²) in [6.45, 7) is 10.9. The van der Waals surface area contributed by atoms with Crippen LogP contribution < -0.4 is 11.1 Å². The van der Waals surface area contributed by atoms with Gasteiger partial charge in [0.25, 0.3) is 11.4 Å². The number of alkyl carbamates (subject to hydrolysis) is 1. The number of phosphoric ester groups is 2. The molecule has 28 heteroatoms. The Hall–Kier alpha value is -5.05. The van der Waals surface area contributed by atoms with E-state index in [1.54, 1.807) is 109 Å². The molecular formula is C45H64N6O18P2S2. The average molecular weight is 1100 g/mol. The number of nitrogens with zero attached hydrogens (tertiary/aromatic N) is 4. The second-order valence-electron chi connectivity index (χ2n) is 18.5. The molecule has 0 aromatic heterocycles. The van der Waals surface area contributed by atoms with Gasteiger partial charge in [0.1, 0.15) is 11.7 Å². The molecular weight excluding hydrogens is 1040 g/mol. The van der Waals surface area contributed by atoms with Crippen LogP contribution in [0.3, 0.4) is 0 Å². The third-order valence-electron chi connectivity index (χ3n) is 10.1. The molecule has 73 heavy (non-hydrogen) atoms. The number of hydrogen-bond donors (Lipinski definition) is 6. The Kier molecular flexibility index (Phi) is 23.0. The van der Waals surface area contributed by atoms with Gasteiger partial charge in [-0.2, -0.15) is 8.61 Å². The lowest BCUT2D eigenvalue weighted by atomic mass is 10.0. The van der Waals surface area contributed by atoms with Crippen LogP contribution in [-0.4, -0.2) is 117 Å². The number of sulfonamides is 2. The number of rotatable bonds is 25. The lowest BCUT2D eigenvalue weighted by molar-refractivity contribution is -0.385. The Labute approximate surface area is 424 Å². The molecule has 0 fully saturated rings. The van der Waals surface area contributed by atoms with Gasteiger partial charge in [0.15, 0.2) is 0 Å². The van der Waals surface area contributed by atoms with Crippen molar-refractivity contribution in [2.75, 3.05) is 26.2 Å². The summed E-state index contributed by atoms with van der Waals surface area (Å²) in [5.74, 6) is -0.367. The fraction of sp³-hybridized carbons (Fsp3) is 0.444. The molecule has 1 amide bonds. The summed E-state index contributed by atoms with van der Waals surface area (Å²) in [6.07, 6.45) is -3.52. The van der Waals surface area contributed by atoms with Crippen LogP contribution in [-0.2, 0) is 55.8 Å². The second kappa shape index (κ2) is 26.9. The topological polar surface area (TPSA) is 359 Å². The summed E-state index contributed by atoms with van der Waals surface area (Å²) in [7, 11) is -18.7. The maximum atomic E-state index is 13.6. The zero-order valence-electron chi connectivity index (χ0n) is 41.2. The van der Waals surface area contributed by atoms with Crippen molar-refractivity contribution in [1.82, 2.24) is 13.9 Å². The number of nitro groups is 2. The van der Waals surface area contributed by atoms with Crippen LogP contribution in [0.1, 0.15) is 59.6 Å².